The molecule has 0 atom stereocenters. The number of aromatic hydroxyl groups is 1. The van der Waals surface area contributed by atoms with Gasteiger partial charge in [-0.3, -0.25) is 0 Å². The number of phenolic OH excluding ortho intramolecular Hbond substituents is 1. The standard InChI is InChI=1S/C20H21NO3S2.C13H15NO2S/c1-13(2)16-9-19(24-4)17(18-11-25-12-21-18)10-20(16)26(22,23)15-7-5-14(3)6-8-15;1-8(2)9-5-13(16-3)10(4-12(9)15)11-6-17-7-14-11/h5-13H,1-4H3;4-8,15H,1-3H3. The molecule has 1 N–H and O–H groups in total. The van der Waals surface area contributed by atoms with Gasteiger partial charge >= 0.3 is 0 Å². The molecule has 43 heavy (non-hydrogen) atoms. The Hall–Kier alpha value is -3.73. The van der Waals surface area contributed by atoms with E-state index in [-0.39, 0.29) is 11.8 Å². The number of nitrogens with zero attached hydrogens (tertiary/aromatic N) is 2. The Kier molecular flexibility index (Phi) is 10.3. The van der Waals surface area contributed by atoms with Crippen LogP contribution in [0.3, 0.4) is 0 Å². The van der Waals surface area contributed by atoms with Gasteiger partial charge in [0.15, 0.2) is 0 Å². The van der Waals surface area contributed by atoms with Crippen molar-refractivity contribution >= 4 is 32.5 Å². The zero-order chi connectivity index (χ0) is 31.3. The number of sulfone groups is 1. The maximum absolute atomic E-state index is 13.3. The van der Waals surface area contributed by atoms with Gasteiger partial charge in [-0.1, -0.05) is 45.4 Å². The van der Waals surface area contributed by atoms with Crippen molar-refractivity contribution in [1.82, 2.24) is 9.97 Å². The van der Waals surface area contributed by atoms with Crippen LogP contribution < -0.4 is 9.47 Å². The van der Waals surface area contributed by atoms with Crippen LogP contribution in [0.5, 0.6) is 17.2 Å². The van der Waals surface area contributed by atoms with E-state index in [1.165, 1.54) is 22.7 Å². The van der Waals surface area contributed by atoms with Crippen molar-refractivity contribution < 1.29 is 23.0 Å². The lowest BCUT2D eigenvalue weighted by molar-refractivity contribution is 0.411. The molecule has 0 bridgehead atoms. The van der Waals surface area contributed by atoms with E-state index < -0.39 is 9.84 Å². The summed E-state index contributed by atoms with van der Waals surface area (Å²) in [6.07, 6.45) is 0. The molecule has 0 fully saturated rings. The third-order valence-electron chi connectivity index (χ3n) is 6.96. The summed E-state index contributed by atoms with van der Waals surface area (Å²) in [5, 5.41) is 13.8. The number of methoxy groups -OCH3 is 2. The minimum atomic E-state index is -3.65. The van der Waals surface area contributed by atoms with Crippen LogP contribution in [-0.2, 0) is 9.84 Å². The molecule has 2 aromatic heterocycles. The molecule has 0 unspecified atom stereocenters. The van der Waals surface area contributed by atoms with Crippen LogP contribution in [0.15, 0.2) is 80.1 Å². The van der Waals surface area contributed by atoms with Gasteiger partial charge in [0.05, 0.1) is 46.4 Å². The molecule has 0 saturated heterocycles. The van der Waals surface area contributed by atoms with Crippen LogP contribution >= 0.6 is 22.7 Å². The summed E-state index contributed by atoms with van der Waals surface area (Å²) in [6.45, 7) is 9.97. The highest BCUT2D eigenvalue weighted by atomic mass is 32.2. The Morgan fingerprint density at radius 1 is 0.744 bits per heavy atom. The van der Waals surface area contributed by atoms with Crippen molar-refractivity contribution in [2.24, 2.45) is 0 Å². The molecular formula is C33H36N2O5S3. The zero-order valence-electron chi connectivity index (χ0n) is 25.3. The van der Waals surface area contributed by atoms with Gasteiger partial charge in [0.1, 0.15) is 17.2 Å². The van der Waals surface area contributed by atoms with E-state index in [2.05, 4.69) is 9.97 Å². The summed E-state index contributed by atoms with van der Waals surface area (Å²) in [5.74, 6) is 1.96. The number of aromatic nitrogens is 2. The number of hydrogen-bond donors (Lipinski definition) is 1. The van der Waals surface area contributed by atoms with E-state index in [1.54, 1.807) is 49.5 Å². The van der Waals surface area contributed by atoms with Gasteiger partial charge in [0.25, 0.3) is 0 Å². The maximum Gasteiger partial charge on any atom is 0.206 e. The minimum Gasteiger partial charge on any atom is -0.508 e. The van der Waals surface area contributed by atoms with Crippen LogP contribution in [0.1, 0.15) is 56.2 Å². The molecule has 5 rings (SSSR count). The van der Waals surface area contributed by atoms with Crippen molar-refractivity contribution in [1.29, 1.82) is 0 Å². The summed E-state index contributed by atoms with van der Waals surface area (Å²) >= 11 is 2.98. The van der Waals surface area contributed by atoms with Gasteiger partial charge < -0.3 is 14.6 Å². The van der Waals surface area contributed by atoms with Gasteiger partial charge in [0, 0.05) is 27.5 Å². The van der Waals surface area contributed by atoms with Crippen molar-refractivity contribution in [3.63, 3.8) is 0 Å². The number of benzene rings is 3. The van der Waals surface area contributed by atoms with E-state index in [0.717, 1.165) is 33.7 Å². The molecule has 0 aliphatic rings. The highest BCUT2D eigenvalue weighted by Gasteiger charge is 2.26. The summed E-state index contributed by atoms with van der Waals surface area (Å²) in [5.41, 5.74) is 9.19. The average molecular weight is 637 g/mol. The Morgan fingerprint density at radius 3 is 1.67 bits per heavy atom. The number of phenols is 1. The molecule has 0 saturated carbocycles. The molecule has 0 spiro atoms. The predicted octanol–water partition coefficient (Wildman–Crippen LogP) is 8.73. The smallest absolute Gasteiger partial charge is 0.206 e. The summed E-state index contributed by atoms with van der Waals surface area (Å²) in [4.78, 5) is 9.16. The van der Waals surface area contributed by atoms with E-state index in [9.17, 15) is 13.5 Å². The zero-order valence-corrected chi connectivity index (χ0v) is 27.7. The van der Waals surface area contributed by atoms with Crippen LogP contribution in [0.2, 0.25) is 0 Å². The minimum absolute atomic E-state index is 0.0311. The van der Waals surface area contributed by atoms with Gasteiger partial charge in [-0.2, -0.15) is 0 Å². The largest absolute Gasteiger partial charge is 0.508 e. The first kappa shape index (κ1) is 32.2. The van der Waals surface area contributed by atoms with E-state index >= 15 is 0 Å². The quantitative estimate of drug-likeness (QED) is 0.182. The fourth-order valence-electron chi connectivity index (χ4n) is 4.58. The van der Waals surface area contributed by atoms with Crippen molar-refractivity contribution in [3.8, 4) is 39.8 Å². The summed E-state index contributed by atoms with van der Waals surface area (Å²) in [7, 11) is -0.432. The second-order valence-electron chi connectivity index (χ2n) is 10.6. The third kappa shape index (κ3) is 7.09. The first-order valence-electron chi connectivity index (χ1n) is 13.7. The SMILES string of the molecule is COc1cc(C(C)C)c(O)cc1-c1cscn1.COc1cc(C(C)C)c(S(=O)(=O)c2ccc(C)cc2)cc1-c1cscn1. The first-order valence-corrected chi connectivity index (χ1v) is 17.1. The summed E-state index contributed by atoms with van der Waals surface area (Å²) in [6, 6.07) is 14.1. The Labute approximate surface area is 261 Å². The van der Waals surface area contributed by atoms with E-state index in [1.807, 2.05) is 69.6 Å². The van der Waals surface area contributed by atoms with Crippen LogP contribution in [0.25, 0.3) is 22.5 Å². The number of ether oxygens (including phenoxy) is 2. The number of thiazole rings is 2. The predicted molar refractivity (Wildman–Crippen MR) is 175 cm³/mol. The molecule has 5 aromatic rings. The number of aryl methyl sites for hydroxylation is 1. The lowest BCUT2D eigenvalue weighted by atomic mass is 9.98. The highest BCUT2D eigenvalue weighted by molar-refractivity contribution is 7.91. The molecule has 2 heterocycles. The van der Waals surface area contributed by atoms with Gasteiger partial charge in [-0.25, -0.2) is 18.4 Å². The average Bonchev–Trinajstić information content (AvgIpc) is 3.72. The highest BCUT2D eigenvalue weighted by Crippen LogP contribution is 2.40. The molecule has 0 radical (unpaired) electrons. The van der Waals surface area contributed by atoms with Gasteiger partial charge in [0.2, 0.25) is 9.84 Å². The monoisotopic (exact) mass is 636 g/mol. The normalized spacial score (nSPS) is 11.4. The lowest BCUT2D eigenvalue weighted by Gasteiger charge is -2.17. The molecule has 0 amide bonds. The second kappa shape index (κ2) is 13.7. The molecular weight excluding hydrogens is 601 g/mol. The molecule has 7 nitrogen and oxygen atoms in total. The van der Waals surface area contributed by atoms with Gasteiger partial charge in [-0.05, 0) is 60.7 Å². The number of rotatable bonds is 8. The first-order chi connectivity index (χ1) is 20.5. The van der Waals surface area contributed by atoms with Crippen molar-refractivity contribution in [2.45, 2.75) is 56.2 Å². The van der Waals surface area contributed by atoms with E-state index in [4.69, 9.17) is 9.47 Å². The number of hydrogen-bond acceptors (Lipinski definition) is 9. The van der Waals surface area contributed by atoms with Crippen molar-refractivity contribution in [3.05, 3.63) is 87.0 Å². The second-order valence-corrected chi connectivity index (χ2v) is 13.9. The third-order valence-corrected chi connectivity index (χ3v) is 9.96. The summed E-state index contributed by atoms with van der Waals surface area (Å²) < 4.78 is 37.6. The Morgan fingerprint density at radius 2 is 1.23 bits per heavy atom. The molecule has 10 heteroatoms. The molecule has 0 aliphatic heterocycles. The topological polar surface area (TPSA) is 98.6 Å². The maximum atomic E-state index is 13.3. The Bertz CT molecular complexity index is 1760. The fourth-order valence-corrected chi connectivity index (χ4v) is 7.31. The molecule has 226 valence electrons. The van der Waals surface area contributed by atoms with Crippen LogP contribution in [-0.4, -0.2) is 37.7 Å². The fraction of sp³-hybridized carbons (Fsp3) is 0.273. The van der Waals surface area contributed by atoms with Gasteiger partial charge in [-0.15, -0.1) is 22.7 Å². The molecule has 0 aliphatic carbocycles. The lowest BCUT2D eigenvalue weighted by Crippen LogP contribution is -2.08. The van der Waals surface area contributed by atoms with Crippen molar-refractivity contribution in [2.75, 3.05) is 14.2 Å². The van der Waals surface area contributed by atoms with E-state index in [0.29, 0.717) is 32.5 Å². The van der Waals surface area contributed by atoms with Crippen LogP contribution in [0.4, 0.5) is 0 Å². The Balaban J connectivity index is 0.000000215. The molecule has 3 aromatic carbocycles. The van der Waals surface area contributed by atoms with Crippen LogP contribution in [0, 0.1) is 6.92 Å².